The lowest BCUT2D eigenvalue weighted by Gasteiger charge is -2.35. The third-order valence-corrected chi connectivity index (χ3v) is 11.3. The molecule has 264 valence electrons. The number of benzene rings is 9. The Kier molecular flexibility index (Phi) is 8.46. The quantitative estimate of drug-likeness (QED) is 0.152. The molecule has 0 saturated carbocycles. The third kappa shape index (κ3) is 5.65. The fourth-order valence-electron chi connectivity index (χ4n) is 8.88. The number of anilines is 3. The number of hydrogen-bond donors (Lipinski definition) is 0. The van der Waals surface area contributed by atoms with Gasteiger partial charge in [-0.05, 0) is 97.6 Å². The molecule has 1 aliphatic rings. The molecule has 0 unspecified atom stereocenters. The van der Waals surface area contributed by atoms with Crippen LogP contribution in [0.15, 0.2) is 237 Å². The lowest BCUT2D eigenvalue weighted by atomic mass is 9.67. The first-order valence-electron chi connectivity index (χ1n) is 19.3. The van der Waals surface area contributed by atoms with Crippen molar-refractivity contribution >= 4 is 17.1 Å². The zero-order valence-corrected chi connectivity index (χ0v) is 31.0. The highest BCUT2D eigenvalue weighted by Crippen LogP contribution is 2.56. The van der Waals surface area contributed by atoms with Gasteiger partial charge < -0.3 is 4.90 Å². The van der Waals surface area contributed by atoms with E-state index in [1.807, 2.05) is 0 Å². The Morgan fingerprint density at radius 3 is 1.36 bits per heavy atom. The third-order valence-electron chi connectivity index (χ3n) is 11.3. The molecule has 10 rings (SSSR count). The standard InChI is InChI=1S/C55H39N/c1-4-19-40(20-5-1)42-23-16-24-43(37-42)44-25-17-29-47(38-44)56(54-36-15-12-31-49(54)41-21-6-2-7-22-41)48-30-18-28-46(39-48)55(45-26-8-3-9-27-45)52-34-13-10-32-50(52)51-33-11-14-35-53(51)55/h1-39H. The van der Waals surface area contributed by atoms with Crippen LogP contribution in [0.4, 0.5) is 17.1 Å². The van der Waals surface area contributed by atoms with Gasteiger partial charge in [-0.15, -0.1) is 0 Å². The van der Waals surface area contributed by atoms with Crippen molar-refractivity contribution in [3.63, 3.8) is 0 Å². The molecule has 1 heteroatoms. The molecule has 0 aromatic heterocycles. The van der Waals surface area contributed by atoms with Gasteiger partial charge in [-0.2, -0.15) is 0 Å². The molecule has 9 aromatic carbocycles. The van der Waals surface area contributed by atoms with Crippen molar-refractivity contribution < 1.29 is 0 Å². The van der Waals surface area contributed by atoms with Crippen LogP contribution in [-0.4, -0.2) is 0 Å². The SMILES string of the molecule is c1ccc(-c2cccc(-c3cccc(N(c4cccc(C5(c6ccccc6)c6ccccc6-c6ccccc65)c4)c4ccccc4-c4ccccc4)c3)c2)cc1. The maximum Gasteiger partial charge on any atom is 0.0714 e. The largest absolute Gasteiger partial charge is 0.310 e. The first-order valence-corrected chi connectivity index (χ1v) is 19.3. The van der Waals surface area contributed by atoms with E-state index >= 15 is 0 Å². The summed E-state index contributed by atoms with van der Waals surface area (Å²) in [4.78, 5) is 2.45. The Labute approximate surface area is 329 Å². The molecule has 56 heavy (non-hydrogen) atoms. The second-order valence-corrected chi connectivity index (χ2v) is 14.5. The number of nitrogens with zero attached hydrogens (tertiary/aromatic N) is 1. The van der Waals surface area contributed by atoms with Gasteiger partial charge in [0.05, 0.1) is 11.1 Å². The van der Waals surface area contributed by atoms with Gasteiger partial charge in [0, 0.05) is 16.9 Å². The molecule has 1 nitrogen and oxygen atoms in total. The highest BCUT2D eigenvalue weighted by Gasteiger charge is 2.46. The van der Waals surface area contributed by atoms with Gasteiger partial charge in [0.25, 0.3) is 0 Å². The van der Waals surface area contributed by atoms with Gasteiger partial charge in [-0.1, -0.05) is 200 Å². The molecule has 0 radical (unpaired) electrons. The van der Waals surface area contributed by atoms with Gasteiger partial charge in [-0.25, -0.2) is 0 Å². The van der Waals surface area contributed by atoms with E-state index in [-0.39, 0.29) is 0 Å². The second kappa shape index (κ2) is 14.2. The molecular weight excluding hydrogens is 675 g/mol. The molecule has 0 heterocycles. The van der Waals surface area contributed by atoms with E-state index in [0.29, 0.717) is 0 Å². The average molecular weight is 714 g/mol. The molecule has 0 aliphatic heterocycles. The molecule has 0 spiro atoms. The summed E-state index contributed by atoms with van der Waals surface area (Å²) in [6.45, 7) is 0. The van der Waals surface area contributed by atoms with Crippen LogP contribution < -0.4 is 4.90 Å². The summed E-state index contributed by atoms with van der Waals surface area (Å²) in [5, 5.41) is 0. The Bertz CT molecular complexity index is 2760. The molecule has 0 saturated heterocycles. The second-order valence-electron chi connectivity index (χ2n) is 14.5. The zero-order valence-electron chi connectivity index (χ0n) is 31.0. The van der Waals surface area contributed by atoms with Crippen molar-refractivity contribution in [3.8, 4) is 44.5 Å². The highest BCUT2D eigenvalue weighted by molar-refractivity contribution is 5.91. The molecule has 0 fully saturated rings. The number of para-hydroxylation sites is 1. The summed E-state index contributed by atoms with van der Waals surface area (Å²) in [5.41, 5.74) is 17.6. The molecule has 0 N–H and O–H groups in total. The van der Waals surface area contributed by atoms with Crippen molar-refractivity contribution in [1.29, 1.82) is 0 Å². The monoisotopic (exact) mass is 713 g/mol. The molecule has 0 bridgehead atoms. The number of rotatable bonds is 8. The van der Waals surface area contributed by atoms with Crippen LogP contribution in [0.3, 0.4) is 0 Å². The Morgan fingerprint density at radius 2 is 0.696 bits per heavy atom. The van der Waals surface area contributed by atoms with E-state index in [2.05, 4.69) is 241 Å². The maximum atomic E-state index is 2.45. The first-order chi connectivity index (χ1) is 27.8. The highest BCUT2D eigenvalue weighted by atomic mass is 15.1. The summed E-state index contributed by atoms with van der Waals surface area (Å²) in [5.74, 6) is 0. The predicted octanol–water partition coefficient (Wildman–Crippen LogP) is 14.5. The molecular formula is C55H39N. The maximum absolute atomic E-state index is 2.45. The number of fused-ring (bicyclic) bond motifs is 3. The summed E-state index contributed by atoms with van der Waals surface area (Å²) >= 11 is 0. The van der Waals surface area contributed by atoms with Crippen LogP contribution in [0.1, 0.15) is 22.3 Å². The van der Waals surface area contributed by atoms with Crippen molar-refractivity contribution in [2.45, 2.75) is 5.41 Å². The van der Waals surface area contributed by atoms with Crippen LogP contribution in [-0.2, 0) is 5.41 Å². The topological polar surface area (TPSA) is 3.24 Å². The average Bonchev–Trinajstić information content (AvgIpc) is 3.59. The fourth-order valence-corrected chi connectivity index (χ4v) is 8.88. The van der Waals surface area contributed by atoms with E-state index in [9.17, 15) is 0 Å². The predicted molar refractivity (Wildman–Crippen MR) is 235 cm³/mol. The van der Waals surface area contributed by atoms with Gasteiger partial charge in [0.15, 0.2) is 0 Å². The minimum atomic E-state index is -0.505. The molecule has 0 amide bonds. The van der Waals surface area contributed by atoms with E-state index in [1.54, 1.807) is 0 Å². The molecule has 1 aliphatic carbocycles. The summed E-state index contributed by atoms with van der Waals surface area (Å²) < 4.78 is 0. The van der Waals surface area contributed by atoms with E-state index in [0.717, 1.165) is 22.6 Å². The Hall–Kier alpha value is -7.22. The summed E-state index contributed by atoms with van der Waals surface area (Å²) in [6, 6.07) is 86.2. The Balaban J connectivity index is 1.20. The number of hydrogen-bond acceptors (Lipinski definition) is 1. The van der Waals surface area contributed by atoms with Gasteiger partial charge in [-0.3, -0.25) is 0 Å². The van der Waals surface area contributed by atoms with Crippen molar-refractivity contribution in [2.75, 3.05) is 4.90 Å². The van der Waals surface area contributed by atoms with Crippen LogP contribution in [0, 0.1) is 0 Å². The molecule has 9 aromatic rings. The van der Waals surface area contributed by atoms with Crippen LogP contribution in [0.2, 0.25) is 0 Å². The van der Waals surface area contributed by atoms with E-state index in [4.69, 9.17) is 0 Å². The summed E-state index contributed by atoms with van der Waals surface area (Å²) in [7, 11) is 0. The van der Waals surface area contributed by atoms with Crippen LogP contribution in [0.25, 0.3) is 44.5 Å². The lowest BCUT2D eigenvalue weighted by Crippen LogP contribution is -2.28. The van der Waals surface area contributed by atoms with Gasteiger partial charge in [0.2, 0.25) is 0 Å². The Morgan fingerprint density at radius 1 is 0.268 bits per heavy atom. The van der Waals surface area contributed by atoms with Crippen molar-refractivity contribution in [3.05, 3.63) is 259 Å². The van der Waals surface area contributed by atoms with Gasteiger partial charge in [0.1, 0.15) is 0 Å². The zero-order chi connectivity index (χ0) is 37.3. The smallest absolute Gasteiger partial charge is 0.0714 e. The normalized spacial score (nSPS) is 12.4. The minimum absolute atomic E-state index is 0.505. The van der Waals surface area contributed by atoms with E-state index in [1.165, 1.54) is 61.2 Å². The van der Waals surface area contributed by atoms with Crippen LogP contribution >= 0.6 is 0 Å². The van der Waals surface area contributed by atoms with E-state index < -0.39 is 5.41 Å². The molecule has 0 atom stereocenters. The lowest BCUT2D eigenvalue weighted by molar-refractivity contribution is 0.768. The van der Waals surface area contributed by atoms with Crippen molar-refractivity contribution in [2.24, 2.45) is 0 Å². The van der Waals surface area contributed by atoms with Crippen LogP contribution in [0.5, 0.6) is 0 Å². The minimum Gasteiger partial charge on any atom is -0.310 e. The van der Waals surface area contributed by atoms with Crippen molar-refractivity contribution in [1.82, 2.24) is 0 Å². The van der Waals surface area contributed by atoms with Gasteiger partial charge >= 0.3 is 0 Å². The fraction of sp³-hybridized carbons (Fsp3) is 0.0182. The summed E-state index contributed by atoms with van der Waals surface area (Å²) in [6.07, 6.45) is 0. The first kappa shape index (κ1) is 33.4.